The van der Waals surface area contributed by atoms with Crippen LogP contribution in [-0.2, 0) is 4.79 Å². The summed E-state index contributed by atoms with van der Waals surface area (Å²) in [6, 6.07) is 0. The summed E-state index contributed by atoms with van der Waals surface area (Å²) in [6.45, 7) is 4.63. The minimum atomic E-state index is -0.158. The van der Waals surface area contributed by atoms with Crippen molar-refractivity contribution in [2.45, 2.75) is 194 Å². The Labute approximate surface area is 228 Å². The fourth-order valence-corrected chi connectivity index (χ4v) is 5.41. The van der Waals surface area contributed by atoms with E-state index in [4.69, 9.17) is 5.73 Å². The number of allylic oxidation sites excluding steroid dienone is 2. The van der Waals surface area contributed by atoms with Crippen molar-refractivity contribution in [1.82, 2.24) is 0 Å². The Hall–Kier alpha value is -0.790. The number of carbonyl (C=O) groups excluding carboxylic acids is 1. The highest BCUT2D eigenvalue weighted by atomic mass is 16.1. The average molecular weight is 506 g/mol. The molecule has 0 radical (unpaired) electrons. The number of hydrogen-bond acceptors (Lipinski definition) is 1. The lowest BCUT2D eigenvalue weighted by atomic mass is 9.89. The smallest absolute Gasteiger partial charge is 0.217 e. The molecule has 214 valence electrons. The van der Waals surface area contributed by atoms with Gasteiger partial charge in [0.15, 0.2) is 0 Å². The highest BCUT2D eigenvalue weighted by Gasteiger charge is 2.08. The summed E-state index contributed by atoms with van der Waals surface area (Å²) in [7, 11) is 0. The van der Waals surface area contributed by atoms with Crippen molar-refractivity contribution < 1.29 is 4.79 Å². The lowest BCUT2D eigenvalue weighted by Crippen LogP contribution is -2.09. The highest BCUT2D eigenvalue weighted by Crippen LogP contribution is 2.24. The predicted molar refractivity (Wildman–Crippen MR) is 162 cm³/mol. The summed E-state index contributed by atoms with van der Waals surface area (Å²) in [6.07, 6.45) is 42.6. The zero-order valence-corrected chi connectivity index (χ0v) is 25.0. The van der Waals surface area contributed by atoms with E-state index in [2.05, 4.69) is 26.0 Å². The van der Waals surface area contributed by atoms with Gasteiger partial charge in [0, 0.05) is 6.42 Å². The molecule has 2 nitrogen and oxygen atoms in total. The molecule has 0 fully saturated rings. The predicted octanol–water partition coefficient (Wildman–Crippen LogP) is 11.6. The Morgan fingerprint density at radius 1 is 0.500 bits per heavy atom. The van der Waals surface area contributed by atoms with Crippen molar-refractivity contribution in [3.8, 4) is 0 Å². The Morgan fingerprint density at radius 3 is 1.22 bits per heavy atom. The Morgan fingerprint density at radius 2 is 0.833 bits per heavy atom. The number of hydrogen-bond donors (Lipinski definition) is 1. The summed E-state index contributed by atoms with van der Waals surface area (Å²) < 4.78 is 0. The van der Waals surface area contributed by atoms with Gasteiger partial charge in [-0.1, -0.05) is 167 Å². The molecule has 0 aromatic carbocycles. The molecule has 0 aromatic rings. The van der Waals surface area contributed by atoms with Crippen LogP contribution < -0.4 is 5.73 Å². The molecular weight excluding hydrogens is 438 g/mol. The fraction of sp³-hybridized carbons (Fsp3) is 0.912. The molecule has 0 bridgehead atoms. The van der Waals surface area contributed by atoms with Crippen molar-refractivity contribution >= 4 is 5.91 Å². The summed E-state index contributed by atoms with van der Waals surface area (Å²) >= 11 is 0. The Balaban J connectivity index is 3.70. The van der Waals surface area contributed by atoms with Gasteiger partial charge >= 0.3 is 0 Å². The van der Waals surface area contributed by atoms with Crippen molar-refractivity contribution in [1.29, 1.82) is 0 Å². The van der Waals surface area contributed by atoms with Crippen molar-refractivity contribution in [3.63, 3.8) is 0 Å². The minimum Gasteiger partial charge on any atom is -0.370 e. The van der Waals surface area contributed by atoms with Crippen LogP contribution in [0.2, 0.25) is 0 Å². The van der Waals surface area contributed by atoms with Crippen LogP contribution in [0, 0.1) is 5.92 Å². The molecule has 0 rings (SSSR count). The maximum absolute atomic E-state index is 10.7. The fourth-order valence-electron chi connectivity index (χ4n) is 5.41. The van der Waals surface area contributed by atoms with Crippen LogP contribution in [0.1, 0.15) is 194 Å². The van der Waals surface area contributed by atoms with Crippen LogP contribution in [0.4, 0.5) is 0 Å². The average Bonchev–Trinajstić information content (AvgIpc) is 2.87. The van der Waals surface area contributed by atoms with Gasteiger partial charge in [0.25, 0.3) is 0 Å². The Bertz CT molecular complexity index is 442. The number of rotatable bonds is 30. The molecular formula is C34H67NO. The van der Waals surface area contributed by atoms with Crippen LogP contribution in [0.5, 0.6) is 0 Å². The second-order valence-corrected chi connectivity index (χ2v) is 11.6. The molecule has 0 saturated carbocycles. The lowest BCUT2D eigenvalue weighted by Gasteiger charge is -2.17. The summed E-state index contributed by atoms with van der Waals surface area (Å²) in [5.41, 5.74) is 5.17. The molecule has 0 spiro atoms. The highest BCUT2D eigenvalue weighted by molar-refractivity contribution is 5.73. The lowest BCUT2D eigenvalue weighted by molar-refractivity contribution is -0.118. The van der Waals surface area contributed by atoms with E-state index in [1.54, 1.807) is 0 Å². The minimum absolute atomic E-state index is 0.158. The second kappa shape index (κ2) is 30.4. The van der Waals surface area contributed by atoms with Gasteiger partial charge in [-0.25, -0.2) is 0 Å². The Kier molecular flexibility index (Phi) is 29.8. The van der Waals surface area contributed by atoms with E-state index in [1.165, 1.54) is 161 Å². The second-order valence-electron chi connectivity index (χ2n) is 11.6. The first kappa shape index (κ1) is 35.2. The van der Waals surface area contributed by atoms with Crippen molar-refractivity contribution in [2.24, 2.45) is 11.7 Å². The van der Waals surface area contributed by atoms with Gasteiger partial charge in [-0.05, 0) is 38.0 Å². The topological polar surface area (TPSA) is 43.1 Å². The van der Waals surface area contributed by atoms with Crippen molar-refractivity contribution in [3.05, 3.63) is 12.2 Å². The van der Waals surface area contributed by atoms with E-state index in [0.29, 0.717) is 6.42 Å². The van der Waals surface area contributed by atoms with Crippen LogP contribution in [0.25, 0.3) is 0 Å². The largest absolute Gasteiger partial charge is 0.370 e. The normalized spacial score (nSPS) is 11.8. The van der Waals surface area contributed by atoms with Gasteiger partial charge in [-0.15, -0.1) is 0 Å². The van der Waals surface area contributed by atoms with Gasteiger partial charge in [0.2, 0.25) is 5.91 Å². The SMILES string of the molecule is CCCCCCCCC(CCCCCCCC)CCCCCCC/C=C\CCCCCCCC(N)=O. The van der Waals surface area contributed by atoms with Crippen LogP contribution >= 0.6 is 0 Å². The van der Waals surface area contributed by atoms with Gasteiger partial charge in [0.05, 0.1) is 0 Å². The van der Waals surface area contributed by atoms with Crippen molar-refractivity contribution in [2.75, 3.05) is 0 Å². The molecule has 0 atom stereocenters. The van der Waals surface area contributed by atoms with Crippen LogP contribution in [-0.4, -0.2) is 5.91 Å². The standard InChI is InChI=1S/C34H67NO/c1-3-5-7-9-21-25-29-33(30-26-22-10-8-6-4-2)31-27-23-19-17-15-13-11-12-14-16-18-20-24-28-32-34(35)36/h11-12,33H,3-10,13-32H2,1-2H3,(H2,35,36)/b12-11-. The van der Waals surface area contributed by atoms with E-state index in [-0.39, 0.29) is 5.91 Å². The zero-order chi connectivity index (χ0) is 26.4. The van der Waals surface area contributed by atoms with E-state index in [9.17, 15) is 4.79 Å². The number of unbranched alkanes of at least 4 members (excludes halogenated alkanes) is 20. The summed E-state index contributed by atoms with van der Waals surface area (Å²) in [5.74, 6) is 0.850. The molecule has 0 aliphatic rings. The monoisotopic (exact) mass is 506 g/mol. The third-order valence-electron chi connectivity index (χ3n) is 7.88. The van der Waals surface area contributed by atoms with E-state index in [1.807, 2.05) is 0 Å². The molecule has 0 aromatic heterocycles. The van der Waals surface area contributed by atoms with E-state index < -0.39 is 0 Å². The molecule has 2 N–H and O–H groups in total. The van der Waals surface area contributed by atoms with E-state index in [0.717, 1.165) is 18.8 Å². The van der Waals surface area contributed by atoms with Crippen LogP contribution in [0.3, 0.4) is 0 Å². The van der Waals surface area contributed by atoms with E-state index >= 15 is 0 Å². The first-order chi connectivity index (χ1) is 17.7. The summed E-state index contributed by atoms with van der Waals surface area (Å²) in [5, 5.41) is 0. The molecule has 0 heterocycles. The quantitative estimate of drug-likeness (QED) is 0.0765. The molecule has 1 amide bonds. The number of primary amides is 1. The molecule has 2 heteroatoms. The summed E-state index contributed by atoms with van der Waals surface area (Å²) in [4.78, 5) is 10.7. The molecule has 0 aliphatic carbocycles. The maximum atomic E-state index is 10.7. The third-order valence-corrected chi connectivity index (χ3v) is 7.88. The maximum Gasteiger partial charge on any atom is 0.217 e. The van der Waals surface area contributed by atoms with Gasteiger partial charge in [-0.3, -0.25) is 4.79 Å². The van der Waals surface area contributed by atoms with Crippen LogP contribution in [0.15, 0.2) is 12.2 Å². The zero-order valence-electron chi connectivity index (χ0n) is 25.0. The first-order valence-corrected chi connectivity index (χ1v) is 16.6. The molecule has 0 saturated heterocycles. The molecule has 0 aliphatic heterocycles. The van der Waals surface area contributed by atoms with Gasteiger partial charge in [-0.2, -0.15) is 0 Å². The number of carbonyl (C=O) groups is 1. The molecule has 0 unspecified atom stereocenters. The molecule has 36 heavy (non-hydrogen) atoms. The van der Waals surface area contributed by atoms with Gasteiger partial charge < -0.3 is 5.73 Å². The third kappa shape index (κ3) is 29.4. The number of nitrogens with two attached hydrogens (primary N) is 1. The number of amides is 1. The van der Waals surface area contributed by atoms with Gasteiger partial charge in [0.1, 0.15) is 0 Å². The first-order valence-electron chi connectivity index (χ1n) is 16.6.